The van der Waals surface area contributed by atoms with E-state index >= 15 is 0 Å². The number of nitrogens with two attached hydrogens (primary N) is 1. The molecule has 0 radical (unpaired) electrons. The van der Waals surface area contributed by atoms with Crippen LogP contribution in [0.25, 0.3) is 0 Å². The van der Waals surface area contributed by atoms with Crippen LogP contribution in [0.15, 0.2) is 0 Å². The summed E-state index contributed by atoms with van der Waals surface area (Å²) in [6.07, 6.45) is 1.16. The molecule has 4 heteroatoms. The van der Waals surface area contributed by atoms with E-state index in [2.05, 4.69) is 0 Å². The van der Waals surface area contributed by atoms with Gasteiger partial charge in [-0.25, -0.2) is 4.79 Å². The standard InChI is InChI=1S/C9H16N2O2/c1-9(2,3)6-4-5-7(12)11(6)8(10)13/h6H,4-5H2,1-3H3,(H2,10,13). The van der Waals surface area contributed by atoms with Gasteiger partial charge in [0.1, 0.15) is 0 Å². The van der Waals surface area contributed by atoms with Crippen molar-refractivity contribution in [3.05, 3.63) is 0 Å². The predicted molar refractivity (Wildman–Crippen MR) is 48.9 cm³/mol. The number of urea groups is 1. The zero-order valence-electron chi connectivity index (χ0n) is 8.33. The molecular formula is C9H16N2O2. The van der Waals surface area contributed by atoms with Gasteiger partial charge in [0.2, 0.25) is 5.91 Å². The van der Waals surface area contributed by atoms with Gasteiger partial charge in [-0.1, -0.05) is 20.8 Å². The Hall–Kier alpha value is -1.06. The summed E-state index contributed by atoms with van der Waals surface area (Å²) in [5, 5.41) is 0. The number of rotatable bonds is 0. The Bertz CT molecular complexity index is 242. The van der Waals surface area contributed by atoms with Crippen molar-refractivity contribution in [1.82, 2.24) is 4.90 Å². The van der Waals surface area contributed by atoms with Crippen LogP contribution in [0.2, 0.25) is 0 Å². The Morgan fingerprint density at radius 2 is 2.08 bits per heavy atom. The lowest BCUT2D eigenvalue weighted by molar-refractivity contribution is -0.126. The Kier molecular flexibility index (Phi) is 2.32. The number of nitrogens with zero attached hydrogens (tertiary/aromatic N) is 1. The van der Waals surface area contributed by atoms with Crippen molar-refractivity contribution in [3.63, 3.8) is 0 Å². The van der Waals surface area contributed by atoms with Crippen LogP contribution >= 0.6 is 0 Å². The van der Waals surface area contributed by atoms with Crippen molar-refractivity contribution in [1.29, 1.82) is 0 Å². The van der Waals surface area contributed by atoms with E-state index in [4.69, 9.17) is 5.73 Å². The molecule has 0 spiro atoms. The summed E-state index contributed by atoms with van der Waals surface area (Å²) in [6, 6.07) is -0.667. The lowest BCUT2D eigenvalue weighted by Gasteiger charge is -2.32. The molecule has 0 aliphatic carbocycles. The molecule has 0 saturated carbocycles. The molecule has 74 valence electrons. The predicted octanol–water partition coefficient (Wildman–Crippen LogP) is 1.10. The second-order valence-corrected chi connectivity index (χ2v) is 4.52. The molecule has 1 heterocycles. The number of hydrogen-bond donors (Lipinski definition) is 1. The highest BCUT2D eigenvalue weighted by molar-refractivity contribution is 5.95. The van der Waals surface area contributed by atoms with Crippen molar-refractivity contribution < 1.29 is 9.59 Å². The smallest absolute Gasteiger partial charge is 0.321 e. The van der Waals surface area contributed by atoms with Crippen LogP contribution in [-0.4, -0.2) is 22.9 Å². The third kappa shape index (κ3) is 1.82. The largest absolute Gasteiger partial charge is 0.351 e. The van der Waals surface area contributed by atoms with E-state index in [1.54, 1.807) is 0 Å². The Balaban J connectivity index is 2.88. The van der Waals surface area contributed by atoms with Crippen molar-refractivity contribution in [2.24, 2.45) is 11.1 Å². The van der Waals surface area contributed by atoms with Gasteiger partial charge in [0.15, 0.2) is 0 Å². The number of amides is 3. The molecule has 1 saturated heterocycles. The van der Waals surface area contributed by atoms with Crippen molar-refractivity contribution in [3.8, 4) is 0 Å². The third-order valence-corrected chi connectivity index (χ3v) is 2.45. The Morgan fingerprint density at radius 1 is 1.54 bits per heavy atom. The summed E-state index contributed by atoms with van der Waals surface area (Å²) in [6.45, 7) is 6.02. The fourth-order valence-corrected chi connectivity index (χ4v) is 1.78. The van der Waals surface area contributed by atoms with Gasteiger partial charge in [-0.2, -0.15) is 0 Å². The minimum absolute atomic E-state index is 0.0440. The van der Waals surface area contributed by atoms with Crippen LogP contribution < -0.4 is 5.73 Å². The van der Waals surface area contributed by atoms with Crippen LogP contribution in [0.1, 0.15) is 33.6 Å². The van der Waals surface area contributed by atoms with E-state index in [1.165, 1.54) is 4.90 Å². The molecule has 1 rings (SSSR count). The van der Waals surface area contributed by atoms with Crippen LogP contribution in [0.5, 0.6) is 0 Å². The summed E-state index contributed by atoms with van der Waals surface area (Å²) in [4.78, 5) is 23.5. The van der Waals surface area contributed by atoms with E-state index < -0.39 is 6.03 Å². The second kappa shape index (κ2) is 3.01. The first kappa shape index (κ1) is 10.0. The highest BCUT2D eigenvalue weighted by Gasteiger charge is 2.41. The van der Waals surface area contributed by atoms with Gasteiger partial charge in [-0.15, -0.1) is 0 Å². The van der Waals surface area contributed by atoms with E-state index in [1.807, 2.05) is 20.8 Å². The van der Waals surface area contributed by atoms with E-state index in [9.17, 15) is 9.59 Å². The van der Waals surface area contributed by atoms with Crippen LogP contribution in [0, 0.1) is 5.41 Å². The molecule has 1 atom stereocenters. The lowest BCUT2D eigenvalue weighted by Crippen LogP contribution is -2.47. The average Bonchev–Trinajstić information content (AvgIpc) is 2.28. The molecule has 2 N–H and O–H groups in total. The average molecular weight is 184 g/mol. The maximum Gasteiger partial charge on any atom is 0.321 e. The SMILES string of the molecule is CC(C)(C)C1CCC(=O)N1C(N)=O. The molecule has 0 aromatic heterocycles. The number of hydrogen-bond acceptors (Lipinski definition) is 2. The van der Waals surface area contributed by atoms with Gasteiger partial charge in [-0.3, -0.25) is 9.69 Å². The summed E-state index contributed by atoms with van der Waals surface area (Å²) in [7, 11) is 0. The zero-order chi connectivity index (χ0) is 10.2. The van der Waals surface area contributed by atoms with Crippen LogP contribution in [0.4, 0.5) is 4.79 Å². The van der Waals surface area contributed by atoms with Gasteiger partial charge < -0.3 is 5.73 Å². The monoisotopic (exact) mass is 184 g/mol. The summed E-state index contributed by atoms with van der Waals surface area (Å²) >= 11 is 0. The molecule has 13 heavy (non-hydrogen) atoms. The van der Waals surface area contributed by atoms with Crippen molar-refractivity contribution in [2.75, 3.05) is 0 Å². The fraction of sp³-hybridized carbons (Fsp3) is 0.778. The molecule has 0 aromatic carbocycles. The molecule has 0 aromatic rings. The number of carbonyl (C=O) groups is 2. The van der Waals surface area contributed by atoms with Gasteiger partial charge in [0.05, 0.1) is 0 Å². The van der Waals surface area contributed by atoms with E-state index in [0.29, 0.717) is 6.42 Å². The normalized spacial score (nSPS) is 23.8. The number of likely N-dealkylation sites (tertiary alicyclic amines) is 1. The van der Waals surface area contributed by atoms with Gasteiger partial charge >= 0.3 is 6.03 Å². The highest BCUT2D eigenvalue weighted by atomic mass is 16.2. The van der Waals surface area contributed by atoms with Crippen molar-refractivity contribution >= 4 is 11.9 Å². The first-order chi connectivity index (χ1) is 5.84. The molecule has 1 fully saturated rings. The second-order valence-electron chi connectivity index (χ2n) is 4.52. The Morgan fingerprint density at radius 3 is 2.38 bits per heavy atom. The van der Waals surface area contributed by atoms with Gasteiger partial charge in [0.25, 0.3) is 0 Å². The minimum Gasteiger partial charge on any atom is -0.351 e. The third-order valence-electron chi connectivity index (χ3n) is 2.45. The molecule has 1 aliphatic heterocycles. The number of carbonyl (C=O) groups excluding carboxylic acids is 2. The first-order valence-corrected chi connectivity index (χ1v) is 4.45. The topological polar surface area (TPSA) is 63.4 Å². The quantitative estimate of drug-likeness (QED) is 0.612. The number of imide groups is 1. The molecule has 1 unspecified atom stereocenters. The molecule has 4 nitrogen and oxygen atoms in total. The minimum atomic E-state index is -0.623. The summed E-state index contributed by atoms with van der Waals surface area (Å²) in [5.74, 6) is -0.146. The summed E-state index contributed by atoms with van der Waals surface area (Å²) < 4.78 is 0. The summed E-state index contributed by atoms with van der Waals surface area (Å²) in [5.41, 5.74) is 5.06. The van der Waals surface area contributed by atoms with Crippen LogP contribution in [-0.2, 0) is 4.79 Å². The highest BCUT2D eigenvalue weighted by Crippen LogP contribution is 2.32. The molecule has 1 aliphatic rings. The van der Waals surface area contributed by atoms with Crippen molar-refractivity contribution in [2.45, 2.75) is 39.7 Å². The molecule has 3 amide bonds. The first-order valence-electron chi connectivity index (χ1n) is 4.45. The zero-order valence-corrected chi connectivity index (χ0v) is 8.33. The molecule has 0 bridgehead atoms. The maximum absolute atomic E-state index is 11.3. The lowest BCUT2D eigenvalue weighted by atomic mass is 9.85. The Labute approximate surface area is 78.1 Å². The van der Waals surface area contributed by atoms with E-state index in [-0.39, 0.29) is 17.4 Å². The maximum atomic E-state index is 11.3. The van der Waals surface area contributed by atoms with Gasteiger partial charge in [-0.05, 0) is 11.8 Å². The fourth-order valence-electron chi connectivity index (χ4n) is 1.78. The van der Waals surface area contributed by atoms with Gasteiger partial charge in [0, 0.05) is 12.5 Å². The van der Waals surface area contributed by atoms with E-state index in [0.717, 1.165) is 6.42 Å². The molecular weight excluding hydrogens is 168 g/mol. The number of primary amides is 1. The van der Waals surface area contributed by atoms with Crippen LogP contribution in [0.3, 0.4) is 0 Å².